The van der Waals surface area contributed by atoms with Gasteiger partial charge in [-0.25, -0.2) is 14.5 Å². The summed E-state index contributed by atoms with van der Waals surface area (Å²) in [6, 6.07) is 6.07. The molecule has 2 aliphatic heterocycles. The predicted octanol–water partition coefficient (Wildman–Crippen LogP) is 5.02. The minimum atomic E-state index is -0.398. The van der Waals surface area contributed by atoms with E-state index >= 15 is 0 Å². The van der Waals surface area contributed by atoms with Crippen LogP contribution in [0.3, 0.4) is 0 Å². The Morgan fingerprint density at radius 1 is 1.08 bits per heavy atom. The average Bonchev–Trinajstić information content (AvgIpc) is 3.32. The topological polar surface area (TPSA) is 91.6 Å². The van der Waals surface area contributed by atoms with Gasteiger partial charge in [-0.2, -0.15) is 5.10 Å². The number of rotatable bonds is 8. The molecule has 9 nitrogen and oxygen atoms in total. The third-order valence-corrected chi connectivity index (χ3v) is 8.63. The molecule has 0 bridgehead atoms. The molecule has 0 amide bonds. The first-order chi connectivity index (χ1) is 19.2. The lowest BCUT2D eigenvalue weighted by Crippen LogP contribution is -2.35. The zero-order chi connectivity index (χ0) is 26.8. The number of hydrogen-bond donors (Lipinski definition) is 0. The predicted molar refractivity (Wildman–Crippen MR) is 149 cm³/mol. The van der Waals surface area contributed by atoms with E-state index in [1.54, 1.807) is 7.11 Å². The number of nitrogens with zero attached hydrogens (tertiary/aromatic N) is 5. The molecule has 3 fully saturated rings. The molecule has 0 N–H and O–H groups in total. The maximum atomic E-state index is 13.0. The first-order valence-corrected chi connectivity index (χ1v) is 14.5. The van der Waals surface area contributed by atoms with Crippen LogP contribution in [-0.2, 0) is 14.2 Å². The number of methoxy groups -OCH3 is 1. The third kappa shape index (κ3) is 5.26. The quantitative estimate of drug-likeness (QED) is 0.373. The second kappa shape index (κ2) is 11.6. The molecular formula is C30H39N5O4. The van der Waals surface area contributed by atoms with E-state index in [2.05, 4.69) is 11.0 Å². The number of anilines is 1. The van der Waals surface area contributed by atoms with Crippen LogP contribution in [0.5, 0.6) is 0 Å². The fourth-order valence-corrected chi connectivity index (χ4v) is 6.19. The zero-order valence-corrected chi connectivity index (χ0v) is 23.1. The van der Waals surface area contributed by atoms with Crippen molar-refractivity contribution < 1.29 is 19.0 Å². The smallest absolute Gasteiger partial charge is 0.357 e. The van der Waals surface area contributed by atoms with Crippen LogP contribution in [0.1, 0.15) is 85.6 Å². The Kier molecular flexibility index (Phi) is 7.79. The summed E-state index contributed by atoms with van der Waals surface area (Å²) in [5.41, 5.74) is 5.19. The lowest BCUT2D eigenvalue weighted by Gasteiger charge is -2.34. The summed E-state index contributed by atoms with van der Waals surface area (Å²) in [6.45, 7) is 6.27. The highest BCUT2D eigenvalue weighted by atomic mass is 16.5. The van der Waals surface area contributed by atoms with Gasteiger partial charge in [-0.3, -0.25) is 4.98 Å². The van der Waals surface area contributed by atoms with Gasteiger partial charge in [-0.1, -0.05) is 6.42 Å². The van der Waals surface area contributed by atoms with Gasteiger partial charge in [0.25, 0.3) is 0 Å². The fourth-order valence-electron chi connectivity index (χ4n) is 6.19. The van der Waals surface area contributed by atoms with Gasteiger partial charge < -0.3 is 19.1 Å². The van der Waals surface area contributed by atoms with Crippen molar-refractivity contribution in [3.63, 3.8) is 0 Å². The molecule has 5 heterocycles. The zero-order valence-electron chi connectivity index (χ0n) is 23.1. The summed E-state index contributed by atoms with van der Waals surface area (Å²) in [6.07, 6.45) is 9.39. The Balaban J connectivity index is 1.48. The summed E-state index contributed by atoms with van der Waals surface area (Å²) >= 11 is 0. The molecule has 208 valence electrons. The van der Waals surface area contributed by atoms with Crippen LogP contribution in [-0.4, -0.2) is 72.3 Å². The Hall–Kier alpha value is -3.04. The van der Waals surface area contributed by atoms with Crippen molar-refractivity contribution >= 4 is 22.7 Å². The molecule has 0 unspecified atom stereocenters. The number of piperidine rings is 1. The normalized spacial score (nSPS) is 19.4. The number of hydrogen-bond acceptors (Lipinski definition) is 8. The molecule has 1 aliphatic carbocycles. The highest BCUT2D eigenvalue weighted by Crippen LogP contribution is 2.43. The van der Waals surface area contributed by atoms with Crippen molar-refractivity contribution in [2.75, 3.05) is 51.5 Å². The number of carbonyl (C=O) groups is 1. The lowest BCUT2D eigenvalue weighted by atomic mass is 9.82. The van der Waals surface area contributed by atoms with Crippen molar-refractivity contribution in [3.8, 4) is 5.69 Å². The highest BCUT2D eigenvalue weighted by Gasteiger charge is 2.32. The molecule has 9 heteroatoms. The fraction of sp³-hybridized carbons (Fsp3) is 0.600. The second-order valence-corrected chi connectivity index (χ2v) is 11.1. The molecule has 3 aromatic heterocycles. The summed E-state index contributed by atoms with van der Waals surface area (Å²) in [7, 11) is 1.77. The number of fused-ring (bicyclic) bond motifs is 1. The Bertz CT molecular complexity index is 1310. The molecule has 3 aromatic rings. The molecule has 0 atom stereocenters. The Morgan fingerprint density at radius 3 is 2.56 bits per heavy atom. The molecule has 6 rings (SSSR count). The largest absolute Gasteiger partial charge is 0.461 e. The van der Waals surface area contributed by atoms with E-state index in [1.165, 1.54) is 6.42 Å². The van der Waals surface area contributed by atoms with Crippen molar-refractivity contribution in [3.05, 3.63) is 41.5 Å². The standard InChI is InChI=1S/C30H39N5O4/c1-3-39-30(36)25-18-26(34-13-8-20(9-14-34)19-37-2)27-28(22-5-4-6-22)33-35(29(27)32-25)23-7-12-31-24(17-23)21-10-15-38-16-11-21/h7,12,17-18,20-22H,3-6,8-11,13-16,19H2,1-2H3. The maximum absolute atomic E-state index is 13.0. The van der Waals surface area contributed by atoms with E-state index in [0.717, 1.165) is 105 Å². The lowest BCUT2D eigenvalue weighted by molar-refractivity contribution is 0.0520. The van der Waals surface area contributed by atoms with E-state index in [1.807, 2.05) is 29.9 Å². The van der Waals surface area contributed by atoms with Crippen LogP contribution in [0.2, 0.25) is 0 Å². The molecule has 0 aromatic carbocycles. The monoisotopic (exact) mass is 533 g/mol. The average molecular weight is 534 g/mol. The minimum Gasteiger partial charge on any atom is -0.461 e. The molecule has 0 radical (unpaired) electrons. The summed E-state index contributed by atoms with van der Waals surface area (Å²) < 4.78 is 18.4. The van der Waals surface area contributed by atoms with Gasteiger partial charge in [0.1, 0.15) is 0 Å². The molecular weight excluding hydrogens is 494 g/mol. The third-order valence-electron chi connectivity index (χ3n) is 8.63. The number of esters is 1. The highest BCUT2D eigenvalue weighted by molar-refractivity contribution is 5.99. The van der Waals surface area contributed by atoms with Crippen molar-refractivity contribution in [1.82, 2.24) is 19.7 Å². The molecule has 0 spiro atoms. The molecule has 2 saturated heterocycles. The van der Waals surface area contributed by atoms with E-state index in [-0.39, 0.29) is 0 Å². The SMILES string of the molecule is CCOC(=O)c1cc(N2CCC(COC)CC2)c2c(C3CCC3)nn(-c3ccnc(C4CCOCC4)c3)c2n1. The first-order valence-electron chi connectivity index (χ1n) is 14.5. The number of ether oxygens (including phenoxy) is 3. The second-order valence-electron chi connectivity index (χ2n) is 11.1. The van der Waals surface area contributed by atoms with E-state index in [0.29, 0.717) is 30.1 Å². The van der Waals surface area contributed by atoms with Crippen LogP contribution < -0.4 is 4.90 Å². The van der Waals surface area contributed by atoms with E-state index in [4.69, 9.17) is 29.3 Å². The van der Waals surface area contributed by atoms with Crippen molar-refractivity contribution in [2.45, 2.75) is 63.7 Å². The Labute approximate surface area is 229 Å². The minimum absolute atomic E-state index is 0.307. The van der Waals surface area contributed by atoms with Crippen LogP contribution in [0.4, 0.5) is 5.69 Å². The van der Waals surface area contributed by atoms with Crippen molar-refractivity contribution in [1.29, 1.82) is 0 Å². The molecule has 3 aliphatic rings. The molecule has 1 saturated carbocycles. The van der Waals surface area contributed by atoms with Crippen LogP contribution in [0, 0.1) is 5.92 Å². The summed E-state index contributed by atoms with van der Waals surface area (Å²) in [5.74, 6) is 0.942. The number of aromatic nitrogens is 4. The van der Waals surface area contributed by atoms with Gasteiger partial charge in [-0.05, 0) is 69.6 Å². The summed E-state index contributed by atoms with van der Waals surface area (Å²) in [4.78, 5) is 25.0. The Morgan fingerprint density at radius 2 is 1.87 bits per heavy atom. The van der Waals surface area contributed by atoms with Crippen molar-refractivity contribution in [2.24, 2.45) is 5.92 Å². The van der Waals surface area contributed by atoms with Crippen LogP contribution in [0.25, 0.3) is 16.7 Å². The van der Waals surface area contributed by atoms with E-state index < -0.39 is 5.97 Å². The van der Waals surface area contributed by atoms with Crippen LogP contribution >= 0.6 is 0 Å². The van der Waals surface area contributed by atoms with Crippen LogP contribution in [0.15, 0.2) is 24.4 Å². The van der Waals surface area contributed by atoms with Gasteiger partial charge in [0.05, 0.1) is 29.1 Å². The molecule has 39 heavy (non-hydrogen) atoms. The summed E-state index contributed by atoms with van der Waals surface area (Å²) in [5, 5.41) is 6.29. The van der Waals surface area contributed by atoms with Gasteiger partial charge in [-0.15, -0.1) is 0 Å². The van der Waals surface area contributed by atoms with E-state index in [9.17, 15) is 4.79 Å². The number of pyridine rings is 2. The van der Waals surface area contributed by atoms with Gasteiger partial charge in [0, 0.05) is 63.7 Å². The van der Waals surface area contributed by atoms with Gasteiger partial charge >= 0.3 is 5.97 Å². The number of carbonyl (C=O) groups excluding carboxylic acids is 1. The van der Waals surface area contributed by atoms with Gasteiger partial charge in [0.2, 0.25) is 0 Å². The first kappa shape index (κ1) is 26.2. The maximum Gasteiger partial charge on any atom is 0.357 e. The van der Waals surface area contributed by atoms with Gasteiger partial charge in [0.15, 0.2) is 11.3 Å².